The number of benzene rings is 1. The molecule has 122 valence electrons. The lowest BCUT2D eigenvalue weighted by molar-refractivity contribution is -0.117. The fourth-order valence-electron chi connectivity index (χ4n) is 2.14. The van der Waals surface area contributed by atoms with Gasteiger partial charge in [0, 0.05) is 11.7 Å². The molecular formula is C18H24Cl2OS. The summed E-state index contributed by atoms with van der Waals surface area (Å²) < 4.78 is 0. The minimum atomic E-state index is 0.121. The van der Waals surface area contributed by atoms with Gasteiger partial charge in [-0.3, -0.25) is 4.79 Å². The summed E-state index contributed by atoms with van der Waals surface area (Å²) in [5.41, 5.74) is 0.901. The van der Waals surface area contributed by atoms with Crippen LogP contribution in [0, 0.1) is 5.92 Å². The first-order valence-electron chi connectivity index (χ1n) is 7.83. The molecule has 22 heavy (non-hydrogen) atoms. The number of halogens is 2. The molecule has 0 saturated carbocycles. The van der Waals surface area contributed by atoms with E-state index in [0.717, 1.165) is 29.9 Å². The minimum Gasteiger partial charge on any atom is -0.295 e. The summed E-state index contributed by atoms with van der Waals surface area (Å²) in [7, 11) is 0. The first kappa shape index (κ1) is 19.6. The summed E-state index contributed by atoms with van der Waals surface area (Å²) in [6.45, 7) is 4.31. The van der Waals surface area contributed by atoms with Gasteiger partial charge in [-0.15, -0.1) is 0 Å². The molecule has 1 aromatic carbocycles. The topological polar surface area (TPSA) is 17.1 Å². The Labute approximate surface area is 148 Å². The van der Waals surface area contributed by atoms with Crippen molar-refractivity contribution in [1.82, 2.24) is 0 Å². The zero-order valence-corrected chi connectivity index (χ0v) is 15.6. The van der Waals surface area contributed by atoms with Crippen molar-refractivity contribution in [3.05, 3.63) is 39.9 Å². The van der Waals surface area contributed by atoms with Crippen LogP contribution >= 0.6 is 35.0 Å². The molecule has 1 atom stereocenters. The second kappa shape index (κ2) is 11.2. The Balaban J connectivity index is 2.66. The Kier molecular flexibility index (Phi) is 9.94. The van der Waals surface area contributed by atoms with E-state index >= 15 is 0 Å². The van der Waals surface area contributed by atoms with E-state index in [2.05, 4.69) is 13.8 Å². The van der Waals surface area contributed by atoms with E-state index in [-0.39, 0.29) is 11.7 Å². The number of hydrogen-bond donors (Lipinski definition) is 0. The van der Waals surface area contributed by atoms with Crippen molar-refractivity contribution >= 4 is 46.8 Å². The first-order chi connectivity index (χ1) is 10.6. The van der Waals surface area contributed by atoms with E-state index in [1.54, 1.807) is 18.2 Å². The van der Waals surface area contributed by atoms with Crippen LogP contribution in [0.4, 0.5) is 0 Å². The highest BCUT2D eigenvalue weighted by Gasteiger charge is 2.15. The van der Waals surface area contributed by atoms with Crippen molar-refractivity contribution in [3.63, 3.8) is 0 Å². The maximum atomic E-state index is 12.4. The van der Waals surface area contributed by atoms with E-state index in [4.69, 9.17) is 23.2 Å². The summed E-state index contributed by atoms with van der Waals surface area (Å²) in [5.74, 6) is 2.29. The lowest BCUT2D eigenvalue weighted by Gasteiger charge is -2.12. The summed E-state index contributed by atoms with van der Waals surface area (Å²) >= 11 is 13.7. The fourth-order valence-corrected chi connectivity index (χ4v) is 3.30. The maximum Gasteiger partial charge on any atom is 0.159 e. The molecule has 0 N–H and O–H groups in total. The lowest BCUT2D eigenvalue weighted by Crippen LogP contribution is -2.15. The van der Waals surface area contributed by atoms with Crippen molar-refractivity contribution in [2.45, 2.75) is 39.5 Å². The van der Waals surface area contributed by atoms with Crippen LogP contribution in [0.1, 0.15) is 45.1 Å². The predicted molar refractivity (Wildman–Crippen MR) is 101 cm³/mol. The first-order valence-corrected chi connectivity index (χ1v) is 9.74. The third-order valence-electron chi connectivity index (χ3n) is 3.47. The summed E-state index contributed by atoms with van der Waals surface area (Å²) in [5, 5.41) is 1.04. The highest BCUT2D eigenvalue weighted by molar-refractivity contribution is 7.99. The van der Waals surface area contributed by atoms with Crippen molar-refractivity contribution in [2.24, 2.45) is 5.92 Å². The zero-order valence-electron chi connectivity index (χ0n) is 13.3. The van der Waals surface area contributed by atoms with E-state index in [9.17, 15) is 4.79 Å². The van der Waals surface area contributed by atoms with E-state index < -0.39 is 0 Å². The summed E-state index contributed by atoms with van der Waals surface area (Å²) in [6.07, 6.45) is 7.99. The van der Waals surface area contributed by atoms with Crippen LogP contribution in [0.25, 0.3) is 6.08 Å². The van der Waals surface area contributed by atoms with Crippen molar-refractivity contribution in [3.8, 4) is 0 Å². The largest absolute Gasteiger partial charge is 0.295 e. The smallest absolute Gasteiger partial charge is 0.159 e. The number of rotatable bonds is 10. The summed E-state index contributed by atoms with van der Waals surface area (Å²) in [6, 6.07) is 5.39. The van der Waals surface area contributed by atoms with Gasteiger partial charge >= 0.3 is 0 Å². The molecule has 0 heterocycles. The van der Waals surface area contributed by atoms with E-state index in [1.165, 1.54) is 12.8 Å². The van der Waals surface area contributed by atoms with Gasteiger partial charge in [-0.2, -0.15) is 11.8 Å². The third-order valence-corrected chi connectivity index (χ3v) is 5.25. The lowest BCUT2D eigenvalue weighted by atomic mass is 9.98. The van der Waals surface area contributed by atoms with Crippen molar-refractivity contribution in [1.29, 1.82) is 0 Å². The Morgan fingerprint density at radius 1 is 1.23 bits per heavy atom. The Morgan fingerprint density at radius 2 is 2.00 bits per heavy atom. The third kappa shape index (κ3) is 7.21. The molecule has 0 fully saturated rings. The number of allylic oxidation sites excluding steroid dienone is 1. The second-order valence-corrected chi connectivity index (χ2v) is 7.39. The molecule has 0 radical (unpaired) electrons. The van der Waals surface area contributed by atoms with Crippen LogP contribution in [-0.2, 0) is 4.79 Å². The maximum absolute atomic E-state index is 12.4. The Bertz CT molecular complexity index is 500. The molecule has 0 aliphatic rings. The molecule has 0 aromatic heterocycles. The van der Waals surface area contributed by atoms with Crippen LogP contribution in [0.15, 0.2) is 24.3 Å². The number of thioether (sulfide) groups is 1. The average Bonchev–Trinajstić information content (AvgIpc) is 2.51. The molecule has 0 bridgehead atoms. The van der Waals surface area contributed by atoms with Crippen molar-refractivity contribution < 1.29 is 4.79 Å². The normalized spacial score (nSPS) is 12.7. The van der Waals surface area contributed by atoms with E-state index in [1.807, 2.05) is 23.9 Å². The highest BCUT2D eigenvalue weighted by Crippen LogP contribution is 2.23. The van der Waals surface area contributed by atoms with Gasteiger partial charge in [0.1, 0.15) is 0 Å². The number of carbonyl (C=O) groups excluding carboxylic acids is 1. The second-order valence-electron chi connectivity index (χ2n) is 5.26. The number of carbonyl (C=O) groups is 1. The van der Waals surface area contributed by atoms with Crippen molar-refractivity contribution in [2.75, 3.05) is 11.5 Å². The standard InChI is InChI=1S/C18H24Cl2OS/c1-3-5-6-7-15(13-22-4-2)18(21)11-9-14-8-10-16(19)17(20)12-14/h8-12,15H,3-7,13H2,1-2H3/b11-9+. The Morgan fingerprint density at radius 3 is 2.64 bits per heavy atom. The van der Waals surface area contributed by atoms with Gasteiger partial charge in [0.2, 0.25) is 0 Å². The molecule has 0 aliphatic heterocycles. The number of hydrogen-bond acceptors (Lipinski definition) is 2. The predicted octanol–water partition coefficient (Wildman–Crippen LogP) is 6.53. The minimum absolute atomic E-state index is 0.121. The molecule has 4 heteroatoms. The molecule has 0 aliphatic carbocycles. The van der Waals surface area contributed by atoms with Gasteiger partial charge in [-0.25, -0.2) is 0 Å². The summed E-state index contributed by atoms with van der Waals surface area (Å²) in [4.78, 5) is 12.4. The van der Waals surface area contributed by atoms with Crippen LogP contribution in [0.2, 0.25) is 10.0 Å². The van der Waals surface area contributed by atoms with Gasteiger partial charge in [0.15, 0.2) is 5.78 Å². The van der Waals surface area contributed by atoms with E-state index in [0.29, 0.717) is 10.0 Å². The molecular weight excluding hydrogens is 335 g/mol. The van der Waals surface area contributed by atoms with Crippen LogP contribution in [0.3, 0.4) is 0 Å². The molecule has 1 unspecified atom stereocenters. The highest BCUT2D eigenvalue weighted by atomic mass is 35.5. The van der Waals surface area contributed by atoms with Gasteiger partial charge in [-0.05, 0) is 35.9 Å². The molecule has 1 rings (SSSR count). The fraction of sp³-hybridized carbons (Fsp3) is 0.500. The SMILES string of the molecule is CCCCCC(CSCC)C(=O)/C=C/c1ccc(Cl)c(Cl)c1. The van der Waals surface area contributed by atoms with Gasteiger partial charge in [-0.1, -0.05) is 68.5 Å². The van der Waals surface area contributed by atoms with Crippen LogP contribution in [0.5, 0.6) is 0 Å². The van der Waals surface area contributed by atoms with Gasteiger partial charge in [0.25, 0.3) is 0 Å². The molecule has 0 saturated heterocycles. The quantitative estimate of drug-likeness (QED) is 0.349. The molecule has 0 amide bonds. The molecule has 1 aromatic rings. The zero-order chi connectivity index (χ0) is 16.4. The average molecular weight is 359 g/mol. The molecule has 1 nitrogen and oxygen atoms in total. The van der Waals surface area contributed by atoms with Gasteiger partial charge in [0.05, 0.1) is 10.0 Å². The molecule has 0 spiro atoms. The monoisotopic (exact) mass is 358 g/mol. The number of unbranched alkanes of at least 4 members (excludes halogenated alkanes) is 2. The van der Waals surface area contributed by atoms with Crippen LogP contribution < -0.4 is 0 Å². The Hall–Kier alpha value is -0.440. The number of ketones is 1. The van der Waals surface area contributed by atoms with Gasteiger partial charge < -0.3 is 0 Å². The van der Waals surface area contributed by atoms with Crippen LogP contribution in [-0.4, -0.2) is 17.3 Å².